The van der Waals surface area contributed by atoms with Crippen LogP contribution in [-0.4, -0.2) is 133 Å². The summed E-state index contributed by atoms with van der Waals surface area (Å²) in [5, 5.41) is 34.2. The first kappa shape index (κ1) is 47.0. The minimum absolute atomic E-state index is 0.00708. The molecule has 0 aromatic carbocycles. The zero-order chi connectivity index (χ0) is 44.0. The lowest BCUT2D eigenvalue weighted by Gasteiger charge is -2.50. The van der Waals surface area contributed by atoms with Gasteiger partial charge >= 0.3 is 5.97 Å². The van der Waals surface area contributed by atoms with Crippen molar-refractivity contribution in [3.63, 3.8) is 0 Å². The van der Waals surface area contributed by atoms with Crippen molar-refractivity contribution < 1.29 is 62.7 Å². The van der Waals surface area contributed by atoms with Gasteiger partial charge in [0.15, 0.2) is 12.1 Å². The third-order valence-electron chi connectivity index (χ3n) is 14.9. The first-order valence-electron chi connectivity index (χ1n) is 23.0. The molecule has 3 N–H and O–H groups in total. The van der Waals surface area contributed by atoms with Gasteiger partial charge < -0.3 is 58.0 Å². The molecule has 61 heavy (non-hydrogen) atoms. The van der Waals surface area contributed by atoms with Crippen LogP contribution in [-0.2, 0) is 47.4 Å². The maximum Gasteiger partial charge on any atom is 0.316 e. The number of aliphatic hydroxyl groups is 3. The number of esters is 1. The zero-order valence-corrected chi connectivity index (χ0v) is 38.1. The largest absolute Gasteiger partial charge is 0.462 e. The van der Waals surface area contributed by atoms with E-state index in [2.05, 4.69) is 53.7 Å². The van der Waals surface area contributed by atoms with Crippen LogP contribution in [0, 0.1) is 29.6 Å². The smallest absolute Gasteiger partial charge is 0.316 e. The zero-order valence-electron chi connectivity index (χ0n) is 38.1. The van der Waals surface area contributed by atoms with Gasteiger partial charge in [-0.05, 0) is 74.5 Å². The van der Waals surface area contributed by atoms with E-state index >= 15 is 0 Å². The summed E-state index contributed by atoms with van der Waals surface area (Å²) < 4.78 is 57.8. The van der Waals surface area contributed by atoms with Crippen LogP contribution in [0.25, 0.3) is 0 Å². The Morgan fingerprint density at radius 1 is 0.902 bits per heavy atom. The number of allylic oxidation sites excluding steroid dienone is 2. The molecule has 5 fully saturated rings. The summed E-state index contributed by atoms with van der Waals surface area (Å²) in [6, 6.07) is 0. The Balaban J connectivity index is 1.17. The van der Waals surface area contributed by atoms with E-state index < -0.39 is 60.1 Å². The molecule has 0 aromatic rings. The quantitative estimate of drug-likeness (QED) is 0.206. The number of fused-ring (bicyclic) bond motifs is 2. The van der Waals surface area contributed by atoms with Crippen molar-refractivity contribution in [2.75, 3.05) is 20.8 Å². The minimum Gasteiger partial charge on any atom is -0.462 e. The minimum atomic E-state index is -1.80. The standard InChI is InChI=1S/C48H74O13/c1-25(2)42-28(5)16-17-47(61-42)23-35-20-33(60-47)15-14-27(4)43(26(3)12-11-13-32-24-55-45-40(49)29(6)19-36(46(51)58-35)48(32,45)52)57-34-18-30(7)44(38(21-34)54-10)59-39-22-37(53-9)41(50)31(8)56-39/h11-14,19,25-26,28,30-31,33-45,49-50,52H,15-18,20-24H2,1-10H3/b12-11+,27-14+,32-13+/t26-,28-,30+,31-,33+,34+,35-,36-,37-,38-,39-,40+,41?,42+,43?,44-,45+,47+,48+/m0/s1. The molecule has 13 nitrogen and oxygen atoms in total. The monoisotopic (exact) mass is 859 g/mol. The van der Waals surface area contributed by atoms with Crippen LogP contribution >= 0.6 is 0 Å². The molecule has 2 unspecified atom stereocenters. The van der Waals surface area contributed by atoms with Gasteiger partial charge in [-0.25, -0.2) is 0 Å². The topological polar surface area (TPSA) is 161 Å². The molecule has 5 aliphatic heterocycles. The van der Waals surface area contributed by atoms with Crippen molar-refractivity contribution in [1.29, 1.82) is 0 Å². The van der Waals surface area contributed by atoms with Crippen molar-refractivity contribution in [2.24, 2.45) is 29.6 Å². The van der Waals surface area contributed by atoms with Crippen molar-refractivity contribution >= 4 is 5.97 Å². The summed E-state index contributed by atoms with van der Waals surface area (Å²) in [7, 11) is 3.30. The fourth-order valence-corrected chi connectivity index (χ4v) is 11.3. The van der Waals surface area contributed by atoms with E-state index in [1.165, 1.54) is 0 Å². The average Bonchev–Trinajstić information content (AvgIpc) is 3.56. The second-order valence-corrected chi connectivity index (χ2v) is 19.8. The van der Waals surface area contributed by atoms with Gasteiger partial charge in [-0.15, -0.1) is 0 Å². The highest BCUT2D eigenvalue weighted by atomic mass is 16.7. The highest BCUT2D eigenvalue weighted by molar-refractivity contribution is 5.78. The third-order valence-corrected chi connectivity index (χ3v) is 14.9. The number of ether oxygens (including phenoxy) is 9. The number of aliphatic hydroxyl groups excluding tert-OH is 2. The summed E-state index contributed by atoms with van der Waals surface area (Å²) in [5.41, 5.74) is 0.320. The molecule has 7 aliphatic rings. The number of carbonyl (C=O) groups excluding carboxylic acids is 1. The van der Waals surface area contributed by atoms with Gasteiger partial charge in [0.05, 0.1) is 55.4 Å². The van der Waals surface area contributed by atoms with Crippen LogP contribution in [0.15, 0.2) is 47.1 Å². The lowest BCUT2D eigenvalue weighted by atomic mass is 9.71. The van der Waals surface area contributed by atoms with Gasteiger partial charge in [-0.1, -0.05) is 65.0 Å². The van der Waals surface area contributed by atoms with Gasteiger partial charge in [-0.3, -0.25) is 4.79 Å². The fourth-order valence-electron chi connectivity index (χ4n) is 11.3. The molecule has 5 heterocycles. The summed E-state index contributed by atoms with van der Waals surface area (Å²) in [6.45, 7) is 16.6. The van der Waals surface area contributed by atoms with Crippen molar-refractivity contribution in [2.45, 2.75) is 198 Å². The maximum absolute atomic E-state index is 14.3. The average molecular weight is 859 g/mol. The van der Waals surface area contributed by atoms with Crippen molar-refractivity contribution in [1.82, 2.24) is 0 Å². The van der Waals surface area contributed by atoms with Crippen LogP contribution in [0.2, 0.25) is 0 Å². The third kappa shape index (κ3) is 9.69. The van der Waals surface area contributed by atoms with Crippen LogP contribution in [0.3, 0.4) is 0 Å². The van der Waals surface area contributed by atoms with Gasteiger partial charge in [0.25, 0.3) is 0 Å². The molecular weight excluding hydrogens is 785 g/mol. The number of methoxy groups -OCH3 is 2. The van der Waals surface area contributed by atoms with Crippen LogP contribution in [0.4, 0.5) is 0 Å². The molecule has 13 heteroatoms. The Labute approximate surface area is 363 Å². The molecular formula is C48H74O13. The highest BCUT2D eigenvalue weighted by Crippen LogP contribution is 2.48. The predicted octanol–water partition coefficient (Wildman–Crippen LogP) is 5.87. The Hall–Kier alpha value is -2.01. The molecule has 2 bridgehead atoms. The van der Waals surface area contributed by atoms with E-state index in [0.29, 0.717) is 55.6 Å². The molecule has 0 aromatic heterocycles. The second-order valence-electron chi connectivity index (χ2n) is 19.8. The van der Waals surface area contributed by atoms with E-state index in [1.807, 2.05) is 19.1 Å². The predicted molar refractivity (Wildman–Crippen MR) is 226 cm³/mol. The molecule has 7 rings (SSSR count). The van der Waals surface area contributed by atoms with E-state index in [-0.39, 0.29) is 67.1 Å². The molecule has 0 amide bonds. The number of hydrogen-bond acceptors (Lipinski definition) is 13. The molecule has 344 valence electrons. The maximum atomic E-state index is 14.3. The Morgan fingerprint density at radius 2 is 1.66 bits per heavy atom. The van der Waals surface area contributed by atoms with E-state index in [1.54, 1.807) is 27.2 Å². The van der Waals surface area contributed by atoms with Gasteiger partial charge in [0.1, 0.15) is 35.9 Å². The number of rotatable bonds is 7. The lowest BCUT2D eigenvalue weighted by Crippen LogP contribution is -2.58. The SMILES string of the molecule is CO[C@H]1C[C@H](O[C@H]2[C@H](C)C[C@@H](OC3/C(C)=C/C[C@@H]4C[C@@H](C[C@]5(CC[C@H](C)[C@@H](C(C)C)O5)O4)OC(=O)[C@@H]4C=C(C)[C@@H](O)[C@H]5OC/C(=C\C=C\[C@@H]3C)[C@]54O)C[C@@H]2OC)O[C@@H](C)C1O. The van der Waals surface area contributed by atoms with Crippen molar-refractivity contribution in [3.8, 4) is 0 Å². The molecule has 19 atom stereocenters. The molecule has 0 radical (unpaired) electrons. The van der Waals surface area contributed by atoms with Gasteiger partial charge in [0.2, 0.25) is 0 Å². The van der Waals surface area contributed by atoms with Crippen LogP contribution < -0.4 is 0 Å². The fraction of sp³-hybridized carbons (Fsp3) is 0.812. The van der Waals surface area contributed by atoms with Gasteiger partial charge in [-0.2, -0.15) is 0 Å². The van der Waals surface area contributed by atoms with E-state index in [0.717, 1.165) is 18.4 Å². The summed E-state index contributed by atoms with van der Waals surface area (Å²) in [6.07, 6.45) is 8.53. The molecule has 2 aliphatic carbocycles. The first-order valence-corrected chi connectivity index (χ1v) is 23.0. The molecule has 4 saturated heterocycles. The summed E-state index contributed by atoms with van der Waals surface area (Å²) >= 11 is 0. The van der Waals surface area contributed by atoms with Crippen LogP contribution in [0.1, 0.15) is 107 Å². The lowest BCUT2D eigenvalue weighted by molar-refractivity contribution is -0.340. The van der Waals surface area contributed by atoms with Crippen molar-refractivity contribution in [3.05, 3.63) is 47.1 Å². The molecule has 1 spiro atoms. The number of carbonyl (C=O) groups is 1. The Bertz CT molecular complexity index is 1660. The van der Waals surface area contributed by atoms with Gasteiger partial charge in [0, 0.05) is 52.2 Å². The highest BCUT2D eigenvalue weighted by Gasteiger charge is 2.60. The van der Waals surface area contributed by atoms with E-state index in [9.17, 15) is 20.1 Å². The normalized spacial score (nSPS) is 49.6. The van der Waals surface area contributed by atoms with E-state index in [4.69, 9.17) is 42.6 Å². The number of hydrogen-bond donors (Lipinski definition) is 3. The second kappa shape index (κ2) is 19.2. The summed E-state index contributed by atoms with van der Waals surface area (Å²) in [5.74, 6) is -1.92. The first-order chi connectivity index (χ1) is 29.0. The Kier molecular flexibility index (Phi) is 14.8. The summed E-state index contributed by atoms with van der Waals surface area (Å²) in [4.78, 5) is 14.3. The Morgan fingerprint density at radius 3 is 2.38 bits per heavy atom. The van der Waals surface area contributed by atoms with Crippen LogP contribution in [0.5, 0.6) is 0 Å². The molecule has 1 saturated carbocycles.